The second-order valence-electron chi connectivity index (χ2n) is 7.00. The molecule has 3 rings (SSSR count). The third-order valence-corrected chi connectivity index (χ3v) is 5.59. The van der Waals surface area contributed by atoms with Gasteiger partial charge in [0.2, 0.25) is 11.0 Å². The van der Waals surface area contributed by atoms with Crippen LogP contribution in [0.5, 0.6) is 0 Å². The standard InChI is InChI=1S/C16H27N5OS/c1-12(2)14-17-16(23-18-14)21-6-4-5-13(11-21)15(22)20-9-7-19(3)8-10-20/h12-13H,4-11H2,1-3H3/t13-/m0/s1. The van der Waals surface area contributed by atoms with Crippen LogP contribution in [-0.2, 0) is 4.79 Å². The number of carbonyl (C=O) groups is 1. The van der Waals surface area contributed by atoms with Crippen molar-refractivity contribution < 1.29 is 4.79 Å². The van der Waals surface area contributed by atoms with Crippen LogP contribution in [0.25, 0.3) is 0 Å². The molecule has 23 heavy (non-hydrogen) atoms. The first-order valence-corrected chi connectivity index (χ1v) is 9.38. The summed E-state index contributed by atoms with van der Waals surface area (Å²) in [5.41, 5.74) is 0. The maximum absolute atomic E-state index is 12.8. The lowest BCUT2D eigenvalue weighted by Gasteiger charge is -2.38. The molecule has 0 unspecified atom stereocenters. The Morgan fingerprint density at radius 1 is 1.22 bits per heavy atom. The van der Waals surface area contributed by atoms with Crippen molar-refractivity contribution in [1.29, 1.82) is 0 Å². The molecular formula is C16H27N5OS. The van der Waals surface area contributed by atoms with E-state index < -0.39 is 0 Å². The molecule has 0 N–H and O–H groups in total. The SMILES string of the molecule is CC(C)c1nsc(N2CCC[C@H](C(=O)N3CCN(C)CC3)C2)n1. The van der Waals surface area contributed by atoms with E-state index >= 15 is 0 Å². The van der Waals surface area contributed by atoms with Crippen LogP contribution in [0.3, 0.4) is 0 Å². The van der Waals surface area contributed by atoms with Gasteiger partial charge >= 0.3 is 0 Å². The topological polar surface area (TPSA) is 52.6 Å². The molecular weight excluding hydrogens is 310 g/mol. The zero-order chi connectivity index (χ0) is 16.4. The summed E-state index contributed by atoms with van der Waals surface area (Å²) in [6, 6.07) is 0. The summed E-state index contributed by atoms with van der Waals surface area (Å²) in [7, 11) is 2.12. The quantitative estimate of drug-likeness (QED) is 0.839. The summed E-state index contributed by atoms with van der Waals surface area (Å²) < 4.78 is 4.45. The highest BCUT2D eigenvalue weighted by molar-refractivity contribution is 7.09. The molecule has 6 nitrogen and oxygen atoms in total. The molecule has 0 spiro atoms. The number of anilines is 1. The van der Waals surface area contributed by atoms with Crippen molar-refractivity contribution in [3.05, 3.63) is 5.82 Å². The number of carbonyl (C=O) groups excluding carboxylic acids is 1. The number of likely N-dealkylation sites (N-methyl/N-ethyl adjacent to an activating group) is 1. The minimum Gasteiger partial charge on any atom is -0.346 e. The van der Waals surface area contributed by atoms with Gasteiger partial charge in [-0.05, 0) is 19.9 Å². The third-order valence-electron chi connectivity index (χ3n) is 4.80. The average Bonchev–Trinajstić information content (AvgIpc) is 3.05. The van der Waals surface area contributed by atoms with Crippen LogP contribution in [0.2, 0.25) is 0 Å². The minimum atomic E-state index is 0.110. The van der Waals surface area contributed by atoms with Crippen molar-refractivity contribution in [2.24, 2.45) is 5.92 Å². The second kappa shape index (κ2) is 7.13. The molecule has 1 aromatic rings. The predicted octanol–water partition coefficient (Wildman–Crippen LogP) is 1.65. The van der Waals surface area contributed by atoms with E-state index in [1.807, 2.05) is 4.90 Å². The van der Waals surface area contributed by atoms with Crippen molar-refractivity contribution in [3.8, 4) is 0 Å². The van der Waals surface area contributed by atoms with E-state index in [0.717, 1.165) is 63.1 Å². The van der Waals surface area contributed by atoms with Crippen molar-refractivity contribution in [2.75, 3.05) is 51.2 Å². The summed E-state index contributed by atoms with van der Waals surface area (Å²) >= 11 is 1.47. The molecule has 0 radical (unpaired) electrons. The molecule has 3 heterocycles. The molecule has 1 atom stereocenters. The normalized spacial score (nSPS) is 23.6. The fourth-order valence-corrected chi connectivity index (χ4v) is 4.07. The van der Waals surface area contributed by atoms with Crippen LogP contribution >= 0.6 is 11.5 Å². The molecule has 2 saturated heterocycles. The highest BCUT2D eigenvalue weighted by Crippen LogP contribution is 2.27. The lowest BCUT2D eigenvalue weighted by molar-refractivity contribution is -0.137. The molecule has 2 aliphatic rings. The van der Waals surface area contributed by atoms with Crippen LogP contribution < -0.4 is 4.90 Å². The number of aromatic nitrogens is 2. The molecule has 0 aromatic carbocycles. The number of amides is 1. The van der Waals surface area contributed by atoms with E-state index in [4.69, 9.17) is 0 Å². The van der Waals surface area contributed by atoms with E-state index in [0.29, 0.717) is 11.8 Å². The first-order chi connectivity index (χ1) is 11.0. The molecule has 2 fully saturated rings. The summed E-state index contributed by atoms with van der Waals surface area (Å²) in [5.74, 6) is 1.71. The van der Waals surface area contributed by atoms with Gasteiger partial charge in [-0.3, -0.25) is 4.79 Å². The van der Waals surface area contributed by atoms with Crippen molar-refractivity contribution >= 4 is 22.6 Å². The van der Waals surface area contributed by atoms with Gasteiger partial charge in [-0.15, -0.1) is 0 Å². The number of piperidine rings is 1. The molecule has 7 heteroatoms. The minimum absolute atomic E-state index is 0.110. The zero-order valence-corrected chi connectivity index (χ0v) is 15.2. The Labute approximate surface area is 142 Å². The Kier molecular flexibility index (Phi) is 5.16. The Morgan fingerprint density at radius 3 is 2.61 bits per heavy atom. The second-order valence-corrected chi connectivity index (χ2v) is 7.73. The van der Waals surface area contributed by atoms with Crippen LogP contribution in [-0.4, -0.2) is 71.4 Å². The van der Waals surface area contributed by atoms with Gasteiger partial charge < -0.3 is 14.7 Å². The summed E-state index contributed by atoms with van der Waals surface area (Å²) in [6.45, 7) is 9.69. The van der Waals surface area contributed by atoms with Crippen molar-refractivity contribution in [2.45, 2.75) is 32.6 Å². The summed E-state index contributed by atoms with van der Waals surface area (Å²) in [6.07, 6.45) is 2.05. The van der Waals surface area contributed by atoms with Crippen molar-refractivity contribution in [1.82, 2.24) is 19.2 Å². The van der Waals surface area contributed by atoms with E-state index in [1.54, 1.807) is 0 Å². The van der Waals surface area contributed by atoms with E-state index in [-0.39, 0.29) is 5.92 Å². The van der Waals surface area contributed by atoms with E-state index in [9.17, 15) is 4.79 Å². The fourth-order valence-electron chi connectivity index (χ4n) is 3.23. The van der Waals surface area contributed by atoms with E-state index in [1.165, 1.54) is 11.5 Å². The van der Waals surface area contributed by atoms with Crippen LogP contribution in [0.1, 0.15) is 38.4 Å². The highest BCUT2D eigenvalue weighted by atomic mass is 32.1. The summed E-state index contributed by atoms with van der Waals surface area (Å²) in [4.78, 5) is 24.0. The number of nitrogens with zero attached hydrogens (tertiary/aromatic N) is 5. The first-order valence-electron chi connectivity index (χ1n) is 8.60. The lowest BCUT2D eigenvalue weighted by Crippen LogP contribution is -2.51. The predicted molar refractivity (Wildman–Crippen MR) is 93.0 cm³/mol. The lowest BCUT2D eigenvalue weighted by atomic mass is 9.96. The number of rotatable bonds is 3. The number of hydrogen-bond acceptors (Lipinski definition) is 6. The van der Waals surface area contributed by atoms with Gasteiger partial charge in [0.1, 0.15) is 5.82 Å². The van der Waals surface area contributed by atoms with Crippen LogP contribution in [0, 0.1) is 5.92 Å². The molecule has 0 aliphatic carbocycles. The fraction of sp³-hybridized carbons (Fsp3) is 0.812. The average molecular weight is 337 g/mol. The smallest absolute Gasteiger partial charge is 0.227 e. The van der Waals surface area contributed by atoms with Gasteiger partial charge in [-0.1, -0.05) is 13.8 Å². The van der Waals surface area contributed by atoms with Gasteiger partial charge in [0, 0.05) is 56.7 Å². The number of piperazine rings is 1. The Hall–Kier alpha value is -1.21. The third kappa shape index (κ3) is 3.83. The molecule has 2 aliphatic heterocycles. The summed E-state index contributed by atoms with van der Waals surface area (Å²) in [5, 5.41) is 0.976. The van der Waals surface area contributed by atoms with Crippen LogP contribution in [0.15, 0.2) is 0 Å². The monoisotopic (exact) mass is 337 g/mol. The Bertz CT molecular complexity index is 538. The highest BCUT2D eigenvalue weighted by Gasteiger charge is 2.31. The van der Waals surface area contributed by atoms with E-state index in [2.05, 4.69) is 40.1 Å². The van der Waals surface area contributed by atoms with Gasteiger partial charge in [0.05, 0.1) is 5.92 Å². The Balaban J connectivity index is 1.62. The Morgan fingerprint density at radius 2 is 1.96 bits per heavy atom. The van der Waals surface area contributed by atoms with Gasteiger partial charge in [0.15, 0.2) is 0 Å². The maximum Gasteiger partial charge on any atom is 0.227 e. The van der Waals surface area contributed by atoms with Crippen LogP contribution in [0.4, 0.5) is 5.13 Å². The van der Waals surface area contributed by atoms with Gasteiger partial charge in [-0.25, -0.2) is 4.98 Å². The van der Waals surface area contributed by atoms with Gasteiger partial charge in [-0.2, -0.15) is 4.37 Å². The zero-order valence-electron chi connectivity index (χ0n) is 14.4. The maximum atomic E-state index is 12.8. The largest absolute Gasteiger partial charge is 0.346 e. The molecule has 1 amide bonds. The number of hydrogen-bond donors (Lipinski definition) is 0. The van der Waals surface area contributed by atoms with Crippen molar-refractivity contribution in [3.63, 3.8) is 0 Å². The molecule has 0 saturated carbocycles. The molecule has 0 bridgehead atoms. The first kappa shape index (κ1) is 16.6. The molecule has 1 aromatic heterocycles. The van der Waals surface area contributed by atoms with Gasteiger partial charge in [0.25, 0.3) is 0 Å². The molecule has 128 valence electrons.